The molecule has 1 aromatic carbocycles. The van der Waals surface area contributed by atoms with Crippen molar-refractivity contribution in [1.29, 1.82) is 0 Å². The van der Waals surface area contributed by atoms with Crippen LogP contribution in [0, 0.1) is 13.8 Å². The highest BCUT2D eigenvalue weighted by Crippen LogP contribution is 2.21. The van der Waals surface area contributed by atoms with E-state index in [1.54, 1.807) is 6.07 Å². The summed E-state index contributed by atoms with van der Waals surface area (Å²) in [6.07, 6.45) is 0.747. The topological polar surface area (TPSA) is 85.1 Å². The smallest absolute Gasteiger partial charge is 0.293 e. The maximum absolute atomic E-state index is 12.3. The van der Waals surface area contributed by atoms with Gasteiger partial charge in [0.1, 0.15) is 10.6 Å². The zero-order chi connectivity index (χ0) is 16.6. The molecular formula is C16H15N3O3S. The Bertz CT molecular complexity index is 959. The Morgan fingerprint density at radius 2 is 2.09 bits per heavy atom. The van der Waals surface area contributed by atoms with Gasteiger partial charge in [-0.2, -0.15) is 0 Å². The number of hydrogen-bond acceptors (Lipinski definition) is 6. The quantitative estimate of drug-likeness (QED) is 0.798. The van der Waals surface area contributed by atoms with E-state index in [1.807, 2.05) is 26.8 Å². The lowest BCUT2D eigenvalue weighted by Gasteiger charge is -2.06. The minimum absolute atomic E-state index is 0.0375. The normalized spacial score (nSPS) is 10.9. The number of aromatic nitrogens is 2. The molecule has 0 atom stereocenters. The number of rotatable bonds is 3. The molecule has 0 aliphatic carbocycles. The first-order valence-corrected chi connectivity index (χ1v) is 7.99. The van der Waals surface area contributed by atoms with E-state index in [-0.39, 0.29) is 11.2 Å². The maximum atomic E-state index is 12.3. The van der Waals surface area contributed by atoms with Crippen LogP contribution in [-0.4, -0.2) is 16.1 Å². The summed E-state index contributed by atoms with van der Waals surface area (Å²) in [5.74, 6) is -0.548. The Hall–Kier alpha value is -2.54. The van der Waals surface area contributed by atoms with Gasteiger partial charge in [-0.05, 0) is 37.5 Å². The SMILES string of the molecule is CCc1nnc(NC(=O)c2cc(=O)c3ccc(C)c(C)c3o2)s1. The van der Waals surface area contributed by atoms with Gasteiger partial charge in [-0.3, -0.25) is 14.9 Å². The van der Waals surface area contributed by atoms with E-state index in [9.17, 15) is 9.59 Å². The lowest BCUT2D eigenvalue weighted by Crippen LogP contribution is -2.15. The molecule has 0 aliphatic heterocycles. The van der Waals surface area contributed by atoms with Crippen molar-refractivity contribution in [3.8, 4) is 0 Å². The van der Waals surface area contributed by atoms with Gasteiger partial charge in [0, 0.05) is 6.07 Å². The Kier molecular flexibility index (Phi) is 3.96. The third kappa shape index (κ3) is 2.87. The lowest BCUT2D eigenvalue weighted by molar-refractivity contribution is 0.0997. The van der Waals surface area contributed by atoms with Gasteiger partial charge in [0.25, 0.3) is 5.91 Å². The molecule has 0 spiro atoms. The molecule has 23 heavy (non-hydrogen) atoms. The molecule has 0 saturated carbocycles. The minimum atomic E-state index is -0.510. The second-order valence-corrected chi connectivity index (χ2v) is 6.23. The number of nitrogens with zero attached hydrogens (tertiary/aromatic N) is 2. The molecule has 0 saturated heterocycles. The lowest BCUT2D eigenvalue weighted by atomic mass is 10.1. The molecule has 0 fully saturated rings. The molecule has 0 unspecified atom stereocenters. The molecular weight excluding hydrogens is 314 g/mol. The van der Waals surface area contributed by atoms with E-state index >= 15 is 0 Å². The monoisotopic (exact) mass is 329 g/mol. The van der Waals surface area contributed by atoms with Crippen molar-refractivity contribution in [1.82, 2.24) is 10.2 Å². The van der Waals surface area contributed by atoms with Gasteiger partial charge in [0.2, 0.25) is 5.13 Å². The largest absolute Gasteiger partial charge is 0.450 e. The number of nitrogens with one attached hydrogen (secondary N) is 1. The summed E-state index contributed by atoms with van der Waals surface area (Å²) >= 11 is 1.30. The Morgan fingerprint density at radius 3 is 2.78 bits per heavy atom. The van der Waals surface area contributed by atoms with Crippen LogP contribution in [0.4, 0.5) is 5.13 Å². The summed E-state index contributed by atoms with van der Waals surface area (Å²) in [5, 5.41) is 12.1. The molecule has 1 N–H and O–H groups in total. The predicted octanol–water partition coefficient (Wildman–Crippen LogP) is 3.08. The average Bonchev–Trinajstić information content (AvgIpc) is 2.98. The van der Waals surface area contributed by atoms with E-state index in [4.69, 9.17) is 4.42 Å². The van der Waals surface area contributed by atoms with Crippen molar-refractivity contribution < 1.29 is 9.21 Å². The van der Waals surface area contributed by atoms with Crippen LogP contribution in [0.25, 0.3) is 11.0 Å². The first-order chi connectivity index (χ1) is 11.0. The number of amides is 1. The second kappa shape index (κ2) is 5.92. The standard InChI is InChI=1S/C16H15N3O3S/c1-4-13-18-19-16(23-13)17-15(21)12-7-11(20)10-6-5-8(2)9(3)14(10)22-12/h5-7H,4H2,1-3H3,(H,17,19,21). The van der Waals surface area contributed by atoms with Crippen LogP contribution in [0.15, 0.2) is 27.4 Å². The van der Waals surface area contributed by atoms with Gasteiger partial charge in [-0.25, -0.2) is 0 Å². The van der Waals surface area contributed by atoms with Crippen LogP contribution in [0.5, 0.6) is 0 Å². The third-order valence-electron chi connectivity index (χ3n) is 3.63. The van der Waals surface area contributed by atoms with Gasteiger partial charge in [0.05, 0.1) is 5.39 Å². The summed E-state index contributed by atoms with van der Waals surface area (Å²) in [7, 11) is 0. The summed E-state index contributed by atoms with van der Waals surface area (Å²) < 4.78 is 5.67. The van der Waals surface area contributed by atoms with E-state index in [0.29, 0.717) is 16.1 Å². The van der Waals surface area contributed by atoms with E-state index in [2.05, 4.69) is 15.5 Å². The van der Waals surface area contributed by atoms with Crippen LogP contribution in [0.3, 0.4) is 0 Å². The van der Waals surface area contributed by atoms with E-state index < -0.39 is 5.91 Å². The van der Waals surface area contributed by atoms with E-state index in [0.717, 1.165) is 22.6 Å². The first kappa shape index (κ1) is 15.4. The first-order valence-electron chi connectivity index (χ1n) is 7.17. The molecule has 0 bridgehead atoms. The highest BCUT2D eigenvalue weighted by Gasteiger charge is 2.16. The Balaban J connectivity index is 2.00. The second-order valence-electron chi connectivity index (χ2n) is 5.17. The number of carbonyl (C=O) groups is 1. The third-order valence-corrected chi connectivity index (χ3v) is 4.61. The molecule has 7 heteroatoms. The van der Waals surface area contributed by atoms with Crippen molar-refractivity contribution in [3.63, 3.8) is 0 Å². The van der Waals surface area contributed by atoms with Gasteiger partial charge in [-0.15, -0.1) is 10.2 Å². The molecule has 118 valence electrons. The van der Waals surface area contributed by atoms with Crippen LogP contribution in [0.1, 0.15) is 33.6 Å². The molecule has 6 nitrogen and oxygen atoms in total. The zero-order valence-electron chi connectivity index (χ0n) is 13.0. The number of carbonyl (C=O) groups excluding carboxylic acids is 1. The number of benzene rings is 1. The van der Waals surface area contributed by atoms with Crippen LogP contribution in [-0.2, 0) is 6.42 Å². The maximum Gasteiger partial charge on any atom is 0.293 e. The summed E-state index contributed by atoms with van der Waals surface area (Å²) in [5.41, 5.74) is 2.04. The van der Waals surface area contributed by atoms with Crippen molar-refractivity contribution in [2.75, 3.05) is 5.32 Å². The highest BCUT2D eigenvalue weighted by molar-refractivity contribution is 7.15. The molecule has 0 aliphatic rings. The zero-order valence-corrected chi connectivity index (χ0v) is 13.8. The number of fused-ring (bicyclic) bond motifs is 1. The summed E-state index contributed by atoms with van der Waals surface area (Å²) in [4.78, 5) is 24.5. The highest BCUT2D eigenvalue weighted by atomic mass is 32.1. The fourth-order valence-corrected chi connectivity index (χ4v) is 2.84. The summed E-state index contributed by atoms with van der Waals surface area (Å²) in [6, 6.07) is 4.78. The van der Waals surface area contributed by atoms with Crippen molar-refractivity contribution >= 4 is 33.3 Å². The van der Waals surface area contributed by atoms with Crippen molar-refractivity contribution in [3.05, 3.63) is 50.3 Å². The van der Waals surface area contributed by atoms with E-state index in [1.165, 1.54) is 17.4 Å². The predicted molar refractivity (Wildman–Crippen MR) is 89.2 cm³/mol. The summed E-state index contributed by atoms with van der Waals surface area (Å²) in [6.45, 7) is 5.75. The minimum Gasteiger partial charge on any atom is -0.450 e. The molecule has 2 aromatic heterocycles. The fourth-order valence-electron chi connectivity index (χ4n) is 2.17. The molecule has 1 amide bonds. The fraction of sp³-hybridized carbons (Fsp3) is 0.250. The van der Waals surface area contributed by atoms with Crippen molar-refractivity contribution in [2.24, 2.45) is 0 Å². The van der Waals surface area contributed by atoms with Crippen LogP contribution >= 0.6 is 11.3 Å². The molecule has 3 aromatic rings. The van der Waals surface area contributed by atoms with Crippen LogP contribution < -0.4 is 10.7 Å². The Labute approximate surface area is 136 Å². The average molecular weight is 329 g/mol. The van der Waals surface area contributed by atoms with Gasteiger partial charge >= 0.3 is 0 Å². The number of anilines is 1. The molecule has 2 heterocycles. The Morgan fingerprint density at radius 1 is 1.30 bits per heavy atom. The van der Waals surface area contributed by atoms with Gasteiger partial charge in [0.15, 0.2) is 11.2 Å². The van der Waals surface area contributed by atoms with Crippen LogP contribution in [0.2, 0.25) is 0 Å². The number of aryl methyl sites for hydroxylation is 3. The van der Waals surface area contributed by atoms with Crippen molar-refractivity contribution in [2.45, 2.75) is 27.2 Å². The molecule has 3 rings (SSSR count). The van der Waals surface area contributed by atoms with Gasteiger partial charge in [-0.1, -0.05) is 24.3 Å². The van der Waals surface area contributed by atoms with Gasteiger partial charge < -0.3 is 4.42 Å². The number of hydrogen-bond donors (Lipinski definition) is 1. The molecule has 0 radical (unpaired) electrons.